The predicted molar refractivity (Wildman–Crippen MR) is 76.8 cm³/mol. The van der Waals surface area contributed by atoms with Gasteiger partial charge in [-0.05, 0) is 13.0 Å². The summed E-state index contributed by atoms with van der Waals surface area (Å²) in [5, 5.41) is 6.32. The van der Waals surface area contributed by atoms with Crippen molar-refractivity contribution in [2.24, 2.45) is 0 Å². The van der Waals surface area contributed by atoms with Crippen LogP contribution in [0.2, 0.25) is 0 Å². The second-order valence-corrected chi connectivity index (χ2v) is 4.15. The molecule has 0 aliphatic carbocycles. The molecule has 2 rings (SSSR count). The zero-order chi connectivity index (χ0) is 13.7. The van der Waals surface area contributed by atoms with Crippen LogP contribution >= 0.6 is 0 Å². The third kappa shape index (κ3) is 3.42. The first kappa shape index (κ1) is 13.3. The molecule has 1 aromatic carbocycles. The number of hydrogen-bond donors (Lipinski definition) is 2. The summed E-state index contributed by atoms with van der Waals surface area (Å²) in [7, 11) is 3.52. The largest absolute Gasteiger partial charge is 0.380 e. The van der Waals surface area contributed by atoms with Crippen molar-refractivity contribution >= 4 is 17.3 Å². The molecule has 2 N–H and O–H groups in total. The predicted octanol–water partition coefficient (Wildman–Crippen LogP) is 2.72. The highest BCUT2D eigenvalue weighted by molar-refractivity contribution is 5.62. The Bertz CT molecular complexity index is 557. The first-order valence-electron chi connectivity index (χ1n) is 6.10. The van der Waals surface area contributed by atoms with Gasteiger partial charge in [-0.3, -0.25) is 0 Å². The summed E-state index contributed by atoms with van der Waals surface area (Å²) in [6.07, 6.45) is 0. The van der Waals surface area contributed by atoms with Gasteiger partial charge in [-0.25, -0.2) is 9.97 Å². The number of anilines is 3. The topological polar surface area (TPSA) is 59.1 Å². The number of aromatic nitrogens is 2. The molecule has 0 aliphatic rings. The van der Waals surface area contributed by atoms with Crippen LogP contribution in [0.25, 0.3) is 0 Å². The van der Waals surface area contributed by atoms with E-state index in [0.717, 1.165) is 28.7 Å². The van der Waals surface area contributed by atoms with Gasteiger partial charge in [0.05, 0.1) is 6.61 Å². The molecule has 5 nitrogen and oxygen atoms in total. The van der Waals surface area contributed by atoms with E-state index in [4.69, 9.17) is 4.74 Å². The van der Waals surface area contributed by atoms with Gasteiger partial charge < -0.3 is 15.4 Å². The van der Waals surface area contributed by atoms with Crippen LogP contribution < -0.4 is 10.6 Å². The number of rotatable bonds is 5. The van der Waals surface area contributed by atoms with E-state index in [-0.39, 0.29) is 0 Å². The number of ether oxygens (including phenoxy) is 1. The Morgan fingerprint density at radius 2 is 1.89 bits per heavy atom. The molecule has 0 spiro atoms. The van der Waals surface area contributed by atoms with E-state index in [1.54, 1.807) is 7.11 Å². The molecule has 0 amide bonds. The Labute approximate surface area is 113 Å². The highest BCUT2D eigenvalue weighted by Crippen LogP contribution is 2.21. The van der Waals surface area contributed by atoms with Crippen LogP contribution in [0.1, 0.15) is 11.4 Å². The van der Waals surface area contributed by atoms with Crippen molar-refractivity contribution in [3.63, 3.8) is 0 Å². The molecule has 0 unspecified atom stereocenters. The summed E-state index contributed by atoms with van der Waals surface area (Å²) < 4.78 is 5.19. The maximum atomic E-state index is 5.19. The molecular formula is C14H18N4O. The summed E-state index contributed by atoms with van der Waals surface area (Å²) in [6, 6.07) is 9.87. The maximum absolute atomic E-state index is 5.19. The lowest BCUT2D eigenvalue weighted by Gasteiger charge is -2.12. The number of hydrogen-bond acceptors (Lipinski definition) is 5. The van der Waals surface area contributed by atoms with E-state index in [0.29, 0.717) is 6.61 Å². The zero-order valence-corrected chi connectivity index (χ0v) is 11.4. The minimum absolute atomic E-state index is 0.562. The molecule has 0 saturated carbocycles. The van der Waals surface area contributed by atoms with Gasteiger partial charge in [0.1, 0.15) is 17.5 Å². The number of para-hydroxylation sites is 1. The van der Waals surface area contributed by atoms with Crippen LogP contribution in [-0.4, -0.2) is 24.1 Å². The zero-order valence-electron chi connectivity index (χ0n) is 11.4. The molecule has 2 aromatic rings. The molecular weight excluding hydrogens is 240 g/mol. The quantitative estimate of drug-likeness (QED) is 0.863. The van der Waals surface area contributed by atoms with Crippen LogP contribution in [0.3, 0.4) is 0 Å². The van der Waals surface area contributed by atoms with Crippen molar-refractivity contribution in [2.45, 2.75) is 13.5 Å². The Morgan fingerprint density at radius 1 is 1.16 bits per heavy atom. The number of nitrogens with zero attached hydrogens (tertiary/aromatic N) is 2. The summed E-state index contributed by atoms with van der Waals surface area (Å²) in [5.41, 5.74) is 2.08. The number of methoxy groups -OCH3 is 1. The number of benzene rings is 1. The van der Waals surface area contributed by atoms with Crippen molar-refractivity contribution in [1.82, 2.24) is 9.97 Å². The molecule has 1 aromatic heterocycles. The van der Waals surface area contributed by atoms with Gasteiger partial charge in [0.15, 0.2) is 0 Å². The fourth-order valence-corrected chi connectivity index (χ4v) is 1.82. The van der Waals surface area contributed by atoms with Crippen molar-refractivity contribution in [2.75, 3.05) is 24.8 Å². The summed E-state index contributed by atoms with van der Waals surface area (Å²) in [5.74, 6) is 2.28. The van der Waals surface area contributed by atoms with Crippen LogP contribution in [0.5, 0.6) is 0 Å². The fourth-order valence-electron chi connectivity index (χ4n) is 1.82. The van der Waals surface area contributed by atoms with E-state index < -0.39 is 0 Å². The molecule has 0 saturated heterocycles. The van der Waals surface area contributed by atoms with Crippen LogP contribution in [0.4, 0.5) is 17.3 Å². The van der Waals surface area contributed by atoms with Crippen molar-refractivity contribution in [3.05, 3.63) is 41.7 Å². The Hall–Kier alpha value is -2.14. The molecule has 0 aliphatic heterocycles. The van der Waals surface area contributed by atoms with Gasteiger partial charge in [-0.1, -0.05) is 18.2 Å². The second-order valence-electron chi connectivity index (χ2n) is 4.15. The van der Waals surface area contributed by atoms with E-state index in [2.05, 4.69) is 20.6 Å². The highest BCUT2D eigenvalue weighted by Gasteiger charge is 2.05. The van der Waals surface area contributed by atoms with Crippen LogP contribution in [-0.2, 0) is 11.3 Å². The molecule has 100 valence electrons. The third-order valence-electron chi connectivity index (χ3n) is 2.67. The number of nitrogens with one attached hydrogen (secondary N) is 2. The molecule has 5 heteroatoms. The van der Waals surface area contributed by atoms with Crippen LogP contribution in [0.15, 0.2) is 30.3 Å². The Balaban J connectivity index is 2.28. The van der Waals surface area contributed by atoms with Crippen molar-refractivity contribution in [3.8, 4) is 0 Å². The van der Waals surface area contributed by atoms with Gasteiger partial charge in [-0.15, -0.1) is 0 Å². The van der Waals surface area contributed by atoms with Gasteiger partial charge >= 0.3 is 0 Å². The molecule has 1 heterocycles. The van der Waals surface area contributed by atoms with E-state index >= 15 is 0 Å². The lowest BCUT2D eigenvalue weighted by Crippen LogP contribution is -2.03. The van der Waals surface area contributed by atoms with E-state index in [9.17, 15) is 0 Å². The lowest BCUT2D eigenvalue weighted by atomic mass is 10.2. The van der Waals surface area contributed by atoms with E-state index in [1.165, 1.54) is 0 Å². The summed E-state index contributed by atoms with van der Waals surface area (Å²) in [4.78, 5) is 8.64. The summed E-state index contributed by atoms with van der Waals surface area (Å²) >= 11 is 0. The second kappa shape index (κ2) is 6.15. The van der Waals surface area contributed by atoms with Gasteiger partial charge in [0.25, 0.3) is 0 Å². The average Bonchev–Trinajstić information content (AvgIpc) is 2.40. The molecule has 0 fully saturated rings. The third-order valence-corrected chi connectivity index (χ3v) is 2.67. The van der Waals surface area contributed by atoms with Gasteiger partial charge in [0.2, 0.25) is 0 Å². The Morgan fingerprint density at radius 3 is 2.63 bits per heavy atom. The normalized spacial score (nSPS) is 10.3. The smallest absolute Gasteiger partial charge is 0.136 e. The number of aryl methyl sites for hydroxylation is 1. The average molecular weight is 258 g/mol. The molecule has 19 heavy (non-hydrogen) atoms. The maximum Gasteiger partial charge on any atom is 0.136 e. The fraction of sp³-hybridized carbons (Fsp3) is 0.286. The molecule has 0 radical (unpaired) electrons. The molecule has 0 bridgehead atoms. The summed E-state index contributed by atoms with van der Waals surface area (Å²) in [6.45, 7) is 2.43. The van der Waals surface area contributed by atoms with Crippen LogP contribution in [0, 0.1) is 6.92 Å². The van der Waals surface area contributed by atoms with Crippen molar-refractivity contribution in [1.29, 1.82) is 0 Å². The monoisotopic (exact) mass is 258 g/mol. The first-order chi connectivity index (χ1) is 9.22. The van der Waals surface area contributed by atoms with Gasteiger partial charge in [-0.2, -0.15) is 0 Å². The SMILES string of the molecule is CNc1cc(Nc2ccccc2COC)nc(C)n1. The lowest BCUT2D eigenvalue weighted by molar-refractivity contribution is 0.185. The minimum Gasteiger partial charge on any atom is -0.380 e. The van der Waals surface area contributed by atoms with E-state index in [1.807, 2.05) is 44.3 Å². The Kier molecular flexibility index (Phi) is 4.30. The van der Waals surface area contributed by atoms with Gasteiger partial charge in [0, 0.05) is 31.5 Å². The standard InChI is InChI=1S/C14H18N4O/c1-10-16-13(15-2)8-14(17-10)18-12-7-5-4-6-11(12)9-19-3/h4-8H,9H2,1-3H3,(H2,15,16,17,18). The minimum atomic E-state index is 0.562. The molecule has 0 atom stereocenters. The highest BCUT2D eigenvalue weighted by atomic mass is 16.5. The van der Waals surface area contributed by atoms with Crippen molar-refractivity contribution < 1.29 is 4.74 Å². The first-order valence-corrected chi connectivity index (χ1v) is 6.10.